The van der Waals surface area contributed by atoms with Crippen molar-refractivity contribution in [2.45, 2.75) is 19.1 Å². The van der Waals surface area contributed by atoms with E-state index in [2.05, 4.69) is 0 Å². The van der Waals surface area contributed by atoms with E-state index in [0.29, 0.717) is 11.3 Å². The van der Waals surface area contributed by atoms with E-state index in [4.69, 9.17) is 9.57 Å². The Labute approximate surface area is 188 Å². The molecule has 2 aliphatic heterocycles. The lowest BCUT2D eigenvalue weighted by molar-refractivity contribution is -0.126. The van der Waals surface area contributed by atoms with Crippen LogP contribution in [0, 0.1) is 5.92 Å². The highest BCUT2D eigenvalue weighted by atomic mass is 32.1. The van der Waals surface area contributed by atoms with Gasteiger partial charge in [0.15, 0.2) is 6.10 Å². The van der Waals surface area contributed by atoms with Crippen molar-refractivity contribution in [2.24, 2.45) is 5.92 Å². The Kier molecular flexibility index (Phi) is 5.24. The van der Waals surface area contributed by atoms with Crippen molar-refractivity contribution in [3.05, 3.63) is 82.6 Å². The van der Waals surface area contributed by atoms with Crippen LogP contribution < -0.4 is 9.96 Å². The molecule has 3 atom stereocenters. The zero-order chi connectivity index (χ0) is 22.2. The molecule has 0 saturated carbocycles. The standard InChI is InChI=1S/C24H20N2O5S/c1-2-30-24(29)15-10-12-16(13-11-15)25-22(27)19-20(18-9-6-14-32-18)26(31-21(19)23(25)28)17-7-4-3-5-8-17/h3-14,19-21H,2H2,1H3. The average molecular weight is 449 g/mol. The highest BCUT2D eigenvalue weighted by molar-refractivity contribution is 7.10. The number of carbonyl (C=O) groups excluding carboxylic acids is 3. The van der Waals surface area contributed by atoms with E-state index >= 15 is 0 Å². The fourth-order valence-corrected chi connectivity index (χ4v) is 5.03. The van der Waals surface area contributed by atoms with Crippen molar-refractivity contribution in [3.63, 3.8) is 0 Å². The molecule has 0 aliphatic carbocycles. The molecule has 2 aromatic carbocycles. The number of hydrogen-bond acceptors (Lipinski definition) is 7. The van der Waals surface area contributed by atoms with Gasteiger partial charge in [-0.1, -0.05) is 24.3 Å². The number of carbonyl (C=O) groups is 3. The molecule has 2 amide bonds. The zero-order valence-electron chi connectivity index (χ0n) is 17.2. The number of hydroxylamine groups is 1. The first-order chi connectivity index (χ1) is 15.6. The molecule has 3 unspecified atom stereocenters. The van der Waals surface area contributed by atoms with Gasteiger partial charge in [-0.25, -0.2) is 14.8 Å². The van der Waals surface area contributed by atoms with E-state index in [-0.39, 0.29) is 12.5 Å². The number of amides is 2. The van der Waals surface area contributed by atoms with E-state index in [0.717, 1.165) is 15.5 Å². The fraction of sp³-hybridized carbons (Fsp3) is 0.208. The van der Waals surface area contributed by atoms with Crippen LogP contribution in [0.1, 0.15) is 28.2 Å². The average Bonchev–Trinajstić information content (AvgIpc) is 3.52. The van der Waals surface area contributed by atoms with Gasteiger partial charge in [-0.15, -0.1) is 11.3 Å². The second kappa shape index (κ2) is 8.22. The van der Waals surface area contributed by atoms with Crippen molar-refractivity contribution in [1.82, 2.24) is 0 Å². The first-order valence-corrected chi connectivity index (χ1v) is 11.2. The molecule has 0 N–H and O–H groups in total. The number of hydrogen-bond donors (Lipinski definition) is 0. The lowest BCUT2D eigenvalue weighted by atomic mass is 9.95. The Morgan fingerprint density at radius 2 is 1.72 bits per heavy atom. The van der Waals surface area contributed by atoms with Crippen LogP contribution in [0.5, 0.6) is 0 Å². The lowest BCUT2D eigenvalue weighted by Crippen LogP contribution is -2.37. The van der Waals surface area contributed by atoms with Gasteiger partial charge in [0.05, 0.1) is 23.5 Å². The molecule has 3 heterocycles. The largest absolute Gasteiger partial charge is 0.462 e. The molecule has 32 heavy (non-hydrogen) atoms. The van der Waals surface area contributed by atoms with Gasteiger partial charge in [0.25, 0.3) is 5.91 Å². The first kappa shape index (κ1) is 20.4. The molecule has 8 heteroatoms. The molecule has 1 aromatic heterocycles. The maximum absolute atomic E-state index is 13.5. The number of rotatable bonds is 5. The maximum Gasteiger partial charge on any atom is 0.338 e. The molecular weight excluding hydrogens is 428 g/mol. The number of para-hydroxylation sites is 1. The molecule has 3 aromatic rings. The van der Waals surface area contributed by atoms with Crippen molar-refractivity contribution in [1.29, 1.82) is 0 Å². The van der Waals surface area contributed by atoms with Crippen molar-refractivity contribution >= 4 is 40.5 Å². The molecule has 5 rings (SSSR count). The van der Waals surface area contributed by atoms with E-state index in [1.807, 2.05) is 47.8 Å². The summed E-state index contributed by atoms with van der Waals surface area (Å²) in [5.74, 6) is -1.86. The van der Waals surface area contributed by atoms with Crippen molar-refractivity contribution in [3.8, 4) is 0 Å². The number of esters is 1. The van der Waals surface area contributed by atoms with E-state index in [1.165, 1.54) is 11.3 Å². The first-order valence-electron chi connectivity index (χ1n) is 10.3. The van der Waals surface area contributed by atoms with Gasteiger partial charge in [0.1, 0.15) is 12.0 Å². The molecule has 2 aliphatic rings. The van der Waals surface area contributed by atoms with Gasteiger partial charge >= 0.3 is 5.97 Å². The summed E-state index contributed by atoms with van der Waals surface area (Å²) in [4.78, 5) is 46.9. The molecule has 162 valence electrons. The van der Waals surface area contributed by atoms with Crippen LogP contribution in [0.25, 0.3) is 0 Å². The highest BCUT2D eigenvalue weighted by Gasteiger charge is 2.60. The fourth-order valence-electron chi connectivity index (χ4n) is 4.18. The third-order valence-corrected chi connectivity index (χ3v) is 6.54. The number of anilines is 2. The summed E-state index contributed by atoms with van der Waals surface area (Å²) in [5.41, 5.74) is 1.55. The number of nitrogens with zero attached hydrogens (tertiary/aromatic N) is 2. The minimum absolute atomic E-state index is 0.270. The number of benzene rings is 2. The highest BCUT2D eigenvalue weighted by Crippen LogP contribution is 2.48. The Balaban J connectivity index is 1.48. The number of thiophene rings is 1. The summed E-state index contributed by atoms with van der Waals surface area (Å²) in [7, 11) is 0. The molecule has 2 fully saturated rings. The predicted octanol–water partition coefficient (Wildman–Crippen LogP) is 3.98. The number of fused-ring (bicyclic) bond motifs is 1. The van der Waals surface area contributed by atoms with Crippen LogP contribution in [0.2, 0.25) is 0 Å². The molecular formula is C24H20N2O5S. The van der Waals surface area contributed by atoms with Crippen LogP contribution in [0.15, 0.2) is 72.1 Å². The summed E-state index contributed by atoms with van der Waals surface area (Å²) in [6.45, 7) is 2.00. The minimum Gasteiger partial charge on any atom is -0.462 e. The van der Waals surface area contributed by atoms with Crippen molar-refractivity contribution in [2.75, 3.05) is 16.6 Å². The molecule has 7 nitrogen and oxygen atoms in total. The smallest absolute Gasteiger partial charge is 0.338 e. The molecule has 0 bridgehead atoms. The molecule has 2 saturated heterocycles. The molecule has 0 radical (unpaired) electrons. The monoisotopic (exact) mass is 448 g/mol. The van der Waals surface area contributed by atoms with E-state index in [9.17, 15) is 14.4 Å². The third-order valence-electron chi connectivity index (χ3n) is 5.60. The summed E-state index contributed by atoms with van der Waals surface area (Å²) in [5, 5.41) is 3.62. The van der Waals surface area contributed by atoms with Crippen LogP contribution >= 0.6 is 11.3 Å². The van der Waals surface area contributed by atoms with Gasteiger partial charge in [0, 0.05) is 4.88 Å². The second-order valence-electron chi connectivity index (χ2n) is 7.45. The Bertz CT molecular complexity index is 1150. The maximum atomic E-state index is 13.5. The van der Waals surface area contributed by atoms with Crippen LogP contribution in [0.3, 0.4) is 0 Å². The summed E-state index contributed by atoms with van der Waals surface area (Å²) in [6, 6.07) is 19.2. The van der Waals surface area contributed by atoms with Crippen molar-refractivity contribution < 1.29 is 24.0 Å². The second-order valence-corrected chi connectivity index (χ2v) is 8.43. The summed E-state index contributed by atoms with van der Waals surface area (Å²) >= 11 is 1.52. The van der Waals surface area contributed by atoms with Gasteiger partial charge in [0.2, 0.25) is 5.91 Å². The SMILES string of the molecule is CCOC(=O)c1ccc(N2C(=O)C3ON(c4ccccc4)C(c4cccs4)C3C2=O)cc1. The summed E-state index contributed by atoms with van der Waals surface area (Å²) < 4.78 is 4.99. The van der Waals surface area contributed by atoms with E-state index < -0.39 is 29.9 Å². The minimum atomic E-state index is -0.917. The van der Waals surface area contributed by atoms with Crippen LogP contribution in [-0.4, -0.2) is 30.5 Å². The number of imide groups is 1. The Morgan fingerprint density at radius 1 is 0.969 bits per heavy atom. The summed E-state index contributed by atoms with van der Waals surface area (Å²) in [6.07, 6.45) is -0.917. The third kappa shape index (κ3) is 3.28. The Hall–Kier alpha value is -3.49. The zero-order valence-corrected chi connectivity index (χ0v) is 18.0. The normalized spacial score (nSPS) is 22.3. The van der Waals surface area contributed by atoms with Crippen LogP contribution in [0.4, 0.5) is 11.4 Å². The van der Waals surface area contributed by atoms with Gasteiger partial charge in [-0.05, 0) is 54.8 Å². The van der Waals surface area contributed by atoms with Gasteiger partial charge < -0.3 is 4.74 Å². The number of ether oxygens (including phenoxy) is 1. The quantitative estimate of drug-likeness (QED) is 0.434. The Morgan fingerprint density at radius 3 is 2.38 bits per heavy atom. The van der Waals surface area contributed by atoms with Gasteiger partial charge in [-0.2, -0.15) is 0 Å². The lowest BCUT2D eigenvalue weighted by Gasteiger charge is -2.27. The van der Waals surface area contributed by atoms with Crippen LogP contribution in [-0.2, 0) is 19.2 Å². The van der Waals surface area contributed by atoms with E-state index in [1.54, 1.807) is 36.3 Å². The molecule has 0 spiro atoms. The topological polar surface area (TPSA) is 76.2 Å². The van der Waals surface area contributed by atoms with Gasteiger partial charge in [-0.3, -0.25) is 14.4 Å². The predicted molar refractivity (Wildman–Crippen MR) is 119 cm³/mol.